The van der Waals surface area contributed by atoms with Crippen LogP contribution in [-0.4, -0.2) is 52.1 Å². The minimum atomic E-state index is -0.0370. The lowest BCUT2D eigenvalue weighted by molar-refractivity contribution is 0.140. The highest BCUT2D eigenvalue weighted by Gasteiger charge is 2.23. The first-order valence-electron chi connectivity index (χ1n) is 9.22. The number of hydrogen-bond acceptors (Lipinski definition) is 7. The molecule has 0 N–H and O–H groups in total. The number of fused-ring (bicyclic) bond motifs is 2. The van der Waals surface area contributed by atoms with Gasteiger partial charge in [-0.05, 0) is 5.56 Å². The van der Waals surface area contributed by atoms with Gasteiger partial charge >= 0.3 is 0 Å². The fourth-order valence-corrected chi connectivity index (χ4v) is 4.96. The third-order valence-corrected chi connectivity index (χ3v) is 6.64. The molecular formula is C20H22N4O2S2. The predicted octanol–water partition coefficient (Wildman–Crippen LogP) is 2.96. The molecular weight excluding hydrogens is 392 g/mol. The molecule has 0 unspecified atom stereocenters. The fraction of sp³-hybridized carbons (Fsp3) is 0.350. The summed E-state index contributed by atoms with van der Waals surface area (Å²) in [5, 5.41) is 4.50. The summed E-state index contributed by atoms with van der Waals surface area (Å²) < 4.78 is 7.48. The molecule has 2 aromatic heterocycles. The number of nitrogens with zero attached hydrogens (tertiary/aromatic N) is 4. The molecule has 0 bridgehead atoms. The normalized spacial score (nSPS) is 14.8. The Balaban J connectivity index is 1.48. The first kappa shape index (κ1) is 19.3. The predicted molar refractivity (Wildman–Crippen MR) is 114 cm³/mol. The first-order valence-corrected chi connectivity index (χ1v) is 11.0. The third kappa shape index (κ3) is 4.35. The number of rotatable bonds is 7. The van der Waals surface area contributed by atoms with Gasteiger partial charge in [0.2, 0.25) is 4.96 Å². The van der Waals surface area contributed by atoms with Crippen LogP contribution >= 0.6 is 23.1 Å². The van der Waals surface area contributed by atoms with Gasteiger partial charge in [-0.2, -0.15) is 4.52 Å². The Hall–Kier alpha value is -2.00. The molecule has 0 aliphatic carbocycles. The van der Waals surface area contributed by atoms with E-state index in [2.05, 4.69) is 34.3 Å². The Morgan fingerprint density at radius 3 is 3.00 bits per heavy atom. The largest absolute Gasteiger partial charge is 0.383 e. The van der Waals surface area contributed by atoms with E-state index in [4.69, 9.17) is 9.72 Å². The van der Waals surface area contributed by atoms with E-state index in [1.807, 2.05) is 18.2 Å². The van der Waals surface area contributed by atoms with E-state index in [0.29, 0.717) is 18.1 Å². The van der Waals surface area contributed by atoms with Crippen molar-refractivity contribution in [2.75, 3.05) is 32.6 Å². The number of aromatic nitrogens is 3. The van der Waals surface area contributed by atoms with Crippen LogP contribution < -0.4 is 5.56 Å². The van der Waals surface area contributed by atoms with Gasteiger partial charge in [0.15, 0.2) is 4.34 Å². The lowest BCUT2D eigenvalue weighted by Crippen LogP contribution is -2.38. The van der Waals surface area contributed by atoms with Crippen molar-refractivity contribution in [1.82, 2.24) is 19.5 Å². The molecule has 4 rings (SSSR count). The maximum atomic E-state index is 12.9. The summed E-state index contributed by atoms with van der Waals surface area (Å²) in [6.45, 7) is 3.02. The van der Waals surface area contributed by atoms with E-state index in [9.17, 15) is 4.79 Å². The van der Waals surface area contributed by atoms with Crippen molar-refractivity contribution in [3.8, 4) is 0 Å². The van der Waals surface area contributed by atoms with E-state index in [0.717, 1.165) is 40.9 Å². The topological polar surface area (TPSA) is 59.7 Å². The zero-order valence-corrected chi connectivity index (χ0v) is 17.3. The smallest absolute Gasteiger partial charge is 0.279 e. The summed E-state index contributed by atoms with van der Waals surface area (Å²) >= 11 is 3.10. The molecule has 0 spiro atoms. The van der Waals surface area contributed by atoms with Gasteiger partial charge < -0.3 is 4.74 Å². The molecule has 1 aliphatic rings. The number of benzene rings is 1. The average Bonchev–Trinajstić information content (AvgIpc) is 3.14. The summed E-state index contributed by atoms with van der Waals surface area (Å²) in [5.41, 5.74) is 2.83. The van der Waals surface area contributed by atoms with E-state index < -0.39 is 0 Å². The lowest BCUT2D eigenvalue weighted by Gasteiger charge is -2.26. The molecule has 28 heavy (non-hydrogen) atoms. The van der Waals surface area contributed by atoms with Crippen LogP contribution in [0.25, 0.3) is 11.0 Å². The molecule has 8 heteroatoms. The Labute approximate surface area is 171 Å². The number of hydrogen-bond donors (Lipinski definition) is 0. The molecule has 0 saturated heterocycles. The third-order valence-electron chi connectivity index (χ3n) is 4.64. The first-order chi connectivity index (χ1) is 13.7. The van der Waals surface area contributed by atoms with Crippen LogP contribution in [0.15, 0.2) is 45.5 Å². The zero-order valence-electron chi connectivity index (χ0n) is 15.7. The molecule has 0 saturated carbocycles. The highest BCUT2D eigenvalue weighted by molar-refractivity contribution is 8.01. The van der Waals surface area contributed by atoms with Crippen LogP contribution in [0.3, 0.4) is 0 Å². The zero-order chi connectivity index (χ0) is 19.3. The minimum Gasteiger partial charge on any atom is -0.383 e. The van der Waals surface area contributed by atoms with Crippen molar-refractivity contribution in [3.63, 3.8) is 0 Å². The van der Waals surface area contributed by atoms with Gasteiger partial charge in [0.25, 0.3) is 5.56 Å². The van der Waals surface area contributed by atoms with E-state index in [1.165, 1.54) is 21.4 Å². The van der Waals surface area contributed by atoms with Crippen molar-refractivity contribution in [2.24, 2.45) is 0 Å². The summed E-state index contributed by atoms with van der Waals surface area (Å²) in [7, 11) is 1.70. The molecule has 3 heterocycles. The van der Waals surface area contributed by atoms with Crippen LogP contribution in [0.5, 0.6) is 0 Å². The second kappa shape index (κ2) is 9.00. The molecule has 3 aromatic rings. The van der Waals surface area contributed by atoms with Crippen LogP contribution in [-0.2, 0) is 17.7 Å². The Kier molecular flexibility index (Phi) is 6.21. The molecule has 0 radical (unpaired) electrons. The molecule has 0 amide bonds. The van der Waals surface area contributed by atoms with Gasteiger partial charge in [-0.25, -0.2) is 4.98 Å². The Bertz CT molecular complexity index is 1030. The van der Waals surface area contributed by atoms with Gasteiger partial charge in [-0.3, -0.25) is 9.69 Å². The Morgan fingerprint density at radius 1 is 1.32 bits per heavy atom. The molecule has 0 atom stereocenters. The van der Waals surface area contributed by atoms with Crippen LogP contribution in [0.4, 0.5) is 0 Å². The minimum absolute atomic E-state index is 0.0370. The van der Waals surface area contributed by atoms with Crippen molar-refractivity contribution in [3.05, 3.63) is 63.6 Å². The lowest BCUT2D eigenvalue weighted by atomic mass is 10.1. The van der Waals surface area contributed by atoms with Gasteiger partial charge in [0.05, 0.1) is 17.9 Å². The molecule has 146 valence electrons. The maximum Gasteiger partial charge on any atom is 0.279 e. The van der Waals surface area contributed by atoms with Crippen molar-refractivity contribution < 1.29 is 4.74 Å². The van der Waals surface area contributed by atoms with Crippen molar-refractivity contribution in [2.45, 2.75) is 17.3 Å². The monoisotopic (exact) mass is 414 g/mol. The van der Waals surface area contributed by atoms with Crippen LogP contribution in [0.1, 0.15) is 16.8 Å². The van der Waals surface area contributed by atoms with Gasteiger partial charge in [-0.1, -0.05) is 65.6 Å². The summed E-state index contributed by atoms with van der Waals surface area (Å²) in [5.74, 6) is 0.800. The quantitative estimate of drug-likeness (QED) is 0.554. The summed E-state index contributed by atoms with van der Waals surface area (Å²) in [6, 6.07) is 10.2. The molecule has 0 fully saturated rings. The van der Waals surface area contributed by atoms with Crippen molar-refractivity contribution in [1.29, 1.82) is 0 Å². The van der Waals surface area contributed by atoms with Crippen LogP contribution in [0, 0.1) is 0 Å². The van der Waals surface area contributed by atoms with E-state index in [-0.39, 0.29) is 5.56 Å². The van der Waals surface area contributed by atoms with Gasteiger partial charge in [0, 0.05) is 38.9 Å². The molecule has 6 nitrogen and oxygen atoms in total. The standard InChI is InChI=1S/C20H22N4O2S2/c1-26-12-11-23-10-9-17-16(14-23)18(25)24-19(21-17)28-20(22-24)27-13-5-8-15-6-3-2-4-7-15/h2-8H,9-14H2,1H3. The highest BCUT2D eigenvalue weighted by atomic mass is 32.2. The number of thioether (sulfide) groups is 1. The fourth-order valence-electron chi connectivity index (χ4n) is 3.17. The maximum absolute atomic E-state index is 12.9. The van der Waals surface area contributed by atoms with E-state index in [1.54, 1.807) is 18.9 Å². The summed E-state index contributed by atoms with van der Waals surface area (Å²) in [6.07, 6.45) is 5.00. The molecule has 1 aromatic carbocycles. The molecule has 1 aliphatic heterocycles. The van der Waals surface area contributed by atoms with Gasteiger partial charge in [0.1, 0.15) is 0 Å². The SMILES string of the molecule is COCCN1CCc2nc3sc(SCC=Cc4ccccc4)nn3c(=O)c2C1. The highest BCUT2D eigenvalue weighted by Crippen LogP contribution is 2.25. The van der Waals surface area contributed by atoms with Crippen molar-refractivity contribution >= 4 is 34.1 Å². The summed E-state index contributed by atoms with van der Waals surface area (Å²) in [4.78, 5) is 20.5. The second-order valence-electron chi connectivity index (χ2n) is 6.55. The average molecular weight is 415 g/mol. The number of ether oxygens (including phenoxy) is 1. The van der Waals surface area contributed by atoms with Gasteiger partial charge in [-0.15, -0.1) is 5.10 Å². The Morgan fingerprint density at radius 2 is 2.18 bits per heavy atom. The number of methoxy groups -OCH3 is 1. The second-order valence-corrected chi connectivity index (χ2v) is 8.77. The van der Waals surface area contributed by atoms with E-state index >= 15 is 0 Å². The van der Waals surface area contributed by atoms with Crippen LogP contribution in [0.2, 0.25) is 0 Å².